The molecular formula is C15H14F2N2O2. The number of pyridine rings is 1. The molecule has 0 bridgehead atoms. The number of halogens is 2. The summed E-state index contributed by atoms with van der Waals surface area (Å²) in [5.41, 5.74) is 0.165. The van der Waals surface area contributed by atoms with Crippen LogP contribution in [0.3, 0.4) is 0 Å². The molecule has 4 nitrogen and oxygen atoms in total. The number of carbonyl (C=O) groups is 1. The summed E-state index contributed by atoms with van der Waals surface area (Å²) in [6, 6.07) is 6.51. The lowest BCUT2D eigenvalue weighted by Gasteiger charge is -2.08. The Labute approximate surface area is 120 Å². The van der Waals surface area contributed by atoms with Crippen molar-refractivity contribution in [2.24, 2.45) is 0 Å². The van der Waals surface area contributed by atoms with Crippen molar-refractivity contribution in [1.29, 1.82) is 0 Å². The van der Waals surface area contributed by atoms with E-state index in [1.807, 2.05) is 0 Å². The summed E-state index contributed by atoms with van der Waals surface area (Å²) in [5, 5.41) is 2.57. The number of anilines is 1. The molecule has 0 aliphatic rings. The van der Waals surface area contributed by atoms with E-state index in [-0.39, 0.29) is 24.3 Å². The number of amides is 1. The third-order valence-electron chi connectivity index (χ3n) is 2.88. The maximum Gasteiger partial charge on any atom is 0.225 e. The van der Waals surface area contributed by atoms with Gasteiger partial charge in [-0.1, -0.05) is 0 Å². The first-order valence-corrected chi connectivity index (χ1v) is 6.33. The summed E-state index contributed by atoms with van der Waals surface area (Å²) >= 11 is 0. The van der Waals surface area contributed by atoms with E-state index in [0.29, 0.717) is 11.6 Å². The van der Waals surface area contributed by atoms with Crippen molar-refractivity contribution in [2.75, 3.05) is 12.4 Å². The molecule has 0 aliphatic carbocycles. The Bertz CT molecular complexity index is 647. The Kier molecular flexibility index (Phi) is 4.81. The van der Waals surface area contributed by atoms with Crippen molar-refractivity contribution in [2.45, 2.75) is 12.8 Å². The Hall–Kier alpha value is -2.50. The van der Waals surface area contributed by atoms with Crippen molar-refractivity contribution >= 4 is 11.7 Å². The van der Waals surface area contributed by atoms with Crippen LogP contribution in [0.15, 0.2) is 36.5 Å². The normalized spacial score (nSPS) is 10.2. The van der Waals surface area contributed by atoms with Gasteiger partial charge in [-0.2, -0.15) is 0 Å². The molecule has 1 amide bonds. The van der Waals surface area contributed by atoms with Gasteiger partial charge in [0.2, 0.25) is 5.91 Å². The summed E-state index contributed by atoms with van der Waals surface area (Å²) in [5.74, 6) is -0.680. The summed E-state index contributed by atoms with van der Waals surface area (Å²) in [6.45, 7) is 0. The molecule has 0 unspecified atom stereocenters. The van der Waals surface area contributed by atoms with E-state index in [9.17, 15) is 13.6 Å². The highest BCUT2D eigenvalue weighted by Gasteiger charge is 2.10. The molecule has 21 heavy (non-hydrogen) atoms. The zero-order valence-electron chi connectivity index (χ0n) is 11.4. The number of carbonyl (C=O) groups excluding carboxylic acids is 1. The largest absolute Gasteiger partial charge is 0.493 e. The minimum atomic E-state index is -0.529. The Morgan fingerprint density at radius 2 is 2.14 bits per heavy atom. The molecule has 6 heteroatoms. The highest BCUT2D eigenvalue weighted by atomic mass is 19.1. The molecule has 1 N–H and O–H groups in total. The topological polar surface area (TPSA) is 51.2 Å². The fourth-order valence-electron chi connectivity index (χ4n) is 1.83. The fourth-order valence-corrected chi connectivity index (χ4v) is 1.83. The highest BCUT2D eigenvalue weighted by Crippen LogP contribution is 2.20. The molecule has 0 spiro atoms. The maximum absolute atomic E-state index is 13.4. The van der Waals surface area contributed by atoms with Gasteiger partial charge in [-0.05, 0) is 42.3 Å². The van der Waals surface area contributed by atoms with Crippen LogP contribution in [0, 0.1) is 11.6 Å². The standard InChI is InChI=1S/C15H14F2N2O2/c1-21-13-3-2-8-18-15(13)19-14(20)7-4-10-9-11(16)5-6-12(10)17/h2-3,5-6,8-9H,4,7H2,1H3,(H,18,19,20). The second-order valence-electron chi connectivity index (χ2n) is 4.34. The third-order valence-corrected chi connectivity index (χ3v) is 2.88. The molecule has 1 aromatic carbocycles. The van der Waals surface area contributed by atoms with E-state index in [2.05, 4.69) is 10.3 Å². The van der Waals surface area contributed by atoms with Gasteiger partial charge in [0.05, 0.1) is 7.11 Å². The van der Waals surface area contributed by atoms with Crippen molar-refractivity contribution in [3.05, 3.63) is 53.7 Å². The number of methoxy groups -OCH3 is 1. The van der Waals surface area contributed by atoms with Gasteiger partial charge in [0.25, 0.3) is 0 Å². The van der Waals surface area contributed by atoms with Gasteiger partial charge in [-0.25, -0.2) is 13.8 Å². The fraction of sp³-hybridized carbons (Fsp3) is 0.200. The first-order valence-electron chi connectivity index (χ1n) is 6.33. The van der Waals surface area contributed by atoms with Crippen LogP contribution in [0.2, 0.25) is 0 Å². The Balaban J connectivity index is 1.97. The molecule has 2 rings (SSSR count). The quantitative estimate of drug-likeness (QED) is 0.921. The first-order chi connectivity index (χ1) is 10.1. The second kappa shape index (κ2) is 6.78. The molecule has 0 radical (unpaired) electrons. The number of aromatic nitrogens is 1. The van der Waals surface area contributed by atoms with Crippen LogP contribution in [0.4, 0.5) is 14.6 Å². The summed E-state index contributed by atoms with van der Waals surface area (Å²) < 4.78 is 31.5. The minimum absolute atomic E-state index is 0.0140. The van der Waals surface area contributed by atoms with E-state index in [1.165, 1.54) is 13.3 Å². The SMILES string of the molecule is COc1cccnc1NC(=O)CCc1cc(F)ccc1F. The molecule has 110 valence electrons. The van der Waals surface area contributed by atoms with Crippen LogP contribution in [-0.2, 0) is 11.2 Å². The van der Waals surface area contributed by atoms with Crippen molar-refractivity contribution in [1.82, 2.24) is 4.98 Å². The second-order valence-corrected chi connectivity index (χ2v) is 4.34. The lowest BCUT2D eigenvalue weighted by atomic mass is 10.1. The highest BCUT2D eigenvalue weighted by molar-refractivity contribution is 5.91. The molecule has 0 aliphatic heterocycles. The number of rotatable bonds is 5. The van der Waals surface area contributed by atoms with Gasteiger partial charge in [0.15, 0.2) is 11.6 Å². The summed E-state index contributed by atoms with van der Waals surface area (Å²) in [6.07, 6.45) is 1.63. The van der Waals surface area contributed by atoms with Gasteiger partial charge in [-0.3, -0.25) is 4.79 Å². The van der Waals surface area contributed by atoms with Crippen LogP contribution in [-0.4, -0.2) is 18.0 Å². The van der Waals surface area contributed by atoms with Gasteiger partial charge in [-0.15, -0.1) is 0 Å². The summed E-state index contributed by atoms with van der Waals surface area (Å²) in [4.78, 5) is 15.8. The number of hydrogen-bond donors (Lipinski definition) is 1. The third kappa shape index (κ3) is 3.98. The zero-order chi connectivity index (χ0) is 15.2. The molecule has 1 heterocycles. The van der Waals surface area contributed by atoms with E-state index in [1.54, 1.807) is 12.1 Å². The minimum Gasteiger partial charge on any atom is -0.493 e. The van der Waals surface area contributed by atoms with Crippen LogP contribution in [0.5, 0.6) is 5.75 Å². The van der Waals surface area contributed by atoms with Gasteiger partial charge in [0, 0.05) is 12.6 Å². The molecule has 0 atom stereocenters. The van der Waals surface area contributed by atoms with Crippen molar-refractivity contribution < 1.29 is 18.3 Å². The van der Waals surface area contributed by atoms with E-state index >= 15 is 0 Å². The zero-order valence-corrected chi connectivity index (χ0v) is 11.4. The number of benzene rings is 1. The molecule has 2 aromatic rings. The predicted molar refractivity (Wildman–Crippen MR) is 74.1 cm³/mol. The van der Waals surface area contributed by atoms with Crippen molar-refractivity contribution in [3.63, 3.8) is 0 Å². The first kappa shape index (κ1) is 14.9. The molecule has 0 saturated carbocycles. The van der Waals surface area contributed by atoms with Crippen molar-refractivity contribution in [3.8, 4) is 5.75 Å². The van der Waals surface area contributed by atoms with Gasteiger partial charge in [0.1, 0.15) is 11.6 Å². The lowest BCUT2D eigenvalue weighted by molar-refractivity contribution is -0.116. The average Bonchev–Trinajstić information content (AvgIpc) is 2.49. The number of hydrogen-bond acceptors (Lipinski definition) is 3. The number of nitrogens with one attached hydrogen (secondary N) is 1. The monoisotopic (exact) mass is 292 g/mol. The van der Waals surface area contributed by atoms with E-state index in [4.69, 9.17) is 4.74 Å². The number of nitrogens with zero attached hydrogens (tertiary/aromatic N) is 1. The Morgan fingerprint density at radius 1 is 1.33 bits per heavy atom. The number of aryl methyl sites for hydroxylation is 1. The van der Waals surface area contributed by atoms with Crippen LogP contribution >= 0.6 is 0 Å². The smallest absolute Gasteiger partial charge is 0.225 e. The van der Waals surface area contributed by atoms with Crippen LogP contribution in [0.1, 0.15) is 12.0 Å². The average molecular weight is 292 g/mol. The van der Waals surface area contributed by atoms with Crippen LogP contribution in [0.25, 0.3) is 0 Å². The van der Waals surface area contributed by atoms with Gasteiger partial charge >= 0.3 is 0 Å². The maximum atomic E-state index is 13.4. The molecule has 0 saturated heterocycles. The molecule has 1 aromatic heterocycles. The van der Waals surface area contributed by atoms with E-state index in [0.717, 1.165) is 18.2 Å². The Morgan fingerprint density at radius 3 is 2.90 bits per heavy atom. The number of ether oxygens (including phenoxy) is 1. The lowest BCUT2D eigenvalue weighted by Crippen LogP contribution is -2.14. The predicted octanol–water partition coefficient (Wildman–Crippen LogP) is 2.94. The van der Waals surface area contributed by atoms with Crippen LogP contribution < -0.4 is 10.1 Å². The van der Waals surface area contributed by atoms with E-state index < -0.39 is 11.6 Å². The van der Waals surface area contributed by atoms with Gasteiger partial charge < -0.3 is 10.1 Å². The molecular weight excluding hydrogens is 278 g/mol. The summed E-state index contributed by atoms with van der Waals surface area (Å²) in [7, 11) is 1.47. The molecule has 0 fully saturated rings.